The van der Waals surface area contributed by atoms with Crippen LogP contribution in [0.4, 0.5) is 5.69 Å². The van der Waals surface area contributed by atoms with Crippen LogP contribution in [-0.4, -0.2) is 32.3 Å². The minimum Gasteiger partial charge on any atom is -0.342 e. The predicted octanol–water partition coefficient (Wildman–Crippen LogP) is 6.16. The molecule has 0 aliphatic rings. The lowest BCUT2D eigenvalue weighted by atomic mass is 10.0. The number of aryl methyl sites for hydroxylation is 1. The van der Waals surface area contributed by atoms with Gasteiger partial charge in [-0.1, -0.05) is 60.9 Å². The molecule has 2 N–H and O–H groups in total. The topological polar surface area (TPSA) is 88.9 Å². The quantitative estimate of drug-likeness (QED) is 0.304. The van der Waals surface area contributed by atoms with Crippen molar-refractivity contribution in [3.63, 3.8) is 0 Å². The molecule has 186 valence electrons. The molecule has 1 aromatic heterocycles. The van der Waals surface area contributed by atoms with E-state index in [1.165, 1.54) is 11.8 Å². The van der Waals surface area contributed by atoms with E-state index < -0.39 is 0 Å². The smallest absolute Gasteiger partial charge is 0.253 e. The number of thioether (sulfide) groups is 1. The summed E-state index contributed by atoms with van der Waals surface area (Å²) in [6.45, 7) is 8.63. The number of hydrogen-bond acceptors (Lipinski definition) is 5. The Bertz CT molecular complexity index is 1200. The molecule has 10 heteroatoms. The van der Waals surface area contributed by atoms with Gasteiger partial charge in [0.05, 0.1) is 22.4 Å². The standard InChI is InChI=1S/C25H29Cl2N5O2S/c1-5-32-23(21(12-15(2)3)29-24(34)18-8-6-7-9-19(18)27)30-31-25(32)35-14-22(33)28-20-11-10-17(26)13-16(20)4/h6-11,13,15,21H,5,12,14H2,1-4H3,(H,28,33)(H,29,34)/t21-/m1/s1. The average Bonchev–Trinajstić information content (AvgIpc) is 3.22. The van der Waals surface area contributed by atoms with Gasteiger partial charge in [0.25, 0.3) is 5.91 Å². The Morgan fingerprint density at radius 3 is 2.51 bits per heavy atom. The molecule has 0 aliphatic heterocycles. The summed E-state index contributed by atoms with van der Waals surface area (Å²) in [5.74, 6) is 0.703. The number of benzene rings is 2. The van der Waals surface area contributed by atoms with E-state index in [1.54, 1.807) is 42.5 Å². The van der Waals surface area contributed by atoms with E-state index in [9.17, 15) is 9.59 Å². The number of aromatic nitrogens is 3. The molecule has 0 spiro atoms. The van der Waals surface area contributed by atoms with Crippen LogP contribution in [0.25, 0.3) is 0 Å². The van der Waals surface area contributed by atoms with E-state index >= 15 is 0 Å². The molecule has 0 bridgehead atoms. The zero-order valence-corrected chi connectivity index (χ0v) is 22.5. The molecule has 1 atom stereocenters. The maximum absolute atomic E-state index is 13.0. The number of anilines is 1. The molecule has 1 heterocycles. The van der Waals surface area contributed by atoms with Crippen LogP contribution in [0.5, 0.6) is 0 Å². The second kappa shape index (κ2) is 12.4. The van der Waals surface area contributed by atoms with E-state index in [0.717, 1.165) is 11.3 Å². The van der Waals surface area contributed by atoms with Crippen molar-refractivity contribution in [1.29, 1.82) is 0 Å². The minimum absolute atomic E-state index is 0.154. The van der Waals surface area contributed by atoms with Gasteiger partial charge in [-0.15, -0.1) is 10.2 Å². The lowest BCUT2D eigenvalue weighted by Crippen LogP contribution is -2.31. The summed E-state index contributed by atoms with van der Waals surface area (Å²) in [7, 11) is 0. The Balaban J connectivity index is 1.74. The van der Waals surface area contributed by atoms with Crippen LogP contribution in [0, 0.1) is 12.8 Å². The number of amides is 2. The Labute approximate surface area is 220 Å². The molecular formula is C25H29Cl2N5O2S. The van der Waals surface area contributed by atoms with Crippen LogP contribution in [0.2, 0.25) is 10.0 Å². The van der Waals surface area contributed by atoms with Crippen LogP contribution in [0.15, 0.2) is 47.6 Å². The van der Waals surface area contributed by atoms with Crippen molar-refractivity contribution in [3.05, 3.63) is 69.5 Å². The number of nitrogens with zero attached hydrogens (tertiary/aromatic N) is 3. The second-order valence-corrected chi connectivity index (χ2v) is 10.3. The molecule has 2 amide bonds. The number of hydrogen-bond donors (Lipinski definition) is 2. The monoisotopic (exact) mass is 533 g/mol. The van der Waals surface area contributed by atoms with Gasteiger partial charge in [-0.2, -0.15) is 0 Å². The van der Waals surface area contributed by atoms with Crippen LogP contribution in [-0.2, 0) is 11.3 Å². The van der Waals surface area contributed by atoms with Gasteiger partial charge in [-0.25, -0.2) is 0 Å². The van der Waals surface area contributed by atoms with E-state index in [-0.39, 0.29) is 23.6 Å². The highest BCUT2D eigenvalue weighted by Crippen LogP contribution is 2.26. The molecule has 2 aromatic carbocycles. The van der Waals surface area contributed by atoms with E-state index in [1.807, 2.05) is 18.4 Å². The first kappa shape index (κ1) is 27.0. The van der Waals surface area contributed by atoms with Crippen molar-refractivity contribution >= 4 is 52.5 Å². The molecule has 0 unspecified atom stereocenters. The van der Waals surface area contributed by atoms with Gasteiger partial charge in [0.2, 0.25) is 5.91 Å². The van der Waals surface area contributed by atoms with Crippen molar-refractivity contribution in [2.75, 3.05) is 11.1 Å². The number of halogens is 2. The molecule has 0 radical (unpaired) electrons. The Kier molecular flexibility index (Phi) is 9.60. The maximum Gasteiger partial charge on any atom is 0.253 e. The number of rotatable bonds is 10. The summed E-state index contributed by atoms with van der Waals surface area (Å²) in [4.78, 5) is 25.5. The maximum atomic E-state index is 13.0. The van der Waals surface area contributed by atoms with Crippen molar-refractivity contribution in [3.8, 4) is 0 Å². The van der Waals surface area contributed by atoms with Crippen LogP contribution < -0.4 is 10.6 Å². The van der Waals surface area contributed by atoms with Gasteiger partial charge in [0.1, 0.15) is 0 Å². The Morgan fingerprint density at radius 2 is 1.86 bits per heavy atom. The second-order valence-electron chi connectivity index (χ2n) is 8.52. The summed E-state index contributed by atoms with van der Waals surface area (Å²) >= 11 is 13.5. The fraction of sp³-hybridized carbons (Fsp3) is 0.360. The number of nitrogens with one attached hydrogen (secondary N) is 2. The first-order chi connectivity index (χ1) is 16.7. The molecule has 0 saturated heterocycles. The van der Waals surface area contributed by atoms with Crippen LogP contribution >= 0.6 is 35.0 Å². The van der Waals surface area contributed by atoms with Gasteiger partial charge in [-0.3, -0.25) is 9.59 Å². The molecule has 7 nitrogen and oxygen atoms in total. The Hall–Kier alpha value is -2.55. The highest BCUT2D eigenvalue weighted by molar-refractivity contribution is 7.99. The SMILES string of the molecule is CCn1c(SCC(=O)Nc2ccc(Cl)cc2C)nnc1[C@@H](CC(C)C)NC(=O)c1ccccc1Cl. The zero-order valence-electron chi connectivity index (χ0n) is 20.1. The van der Waals surface area contributed by atoms with Crippen LogP contribution in [0.3, 0.4) is 0 Å². The summed E-state index contributed by atoms with van der Waals surface area (Å²) < 4.78 is 1.94. The summed E-state index contributed by atoms with van der Waals surface area (Å²) in [5, 5.41) is 16.3. The minimum atomic E-state index is -0.355. The molecular weight excluding hydrogens is 505 g/mol. The van der Waals surface area contributed by atoms with Gasteiger partial charge in [-0.05, 0) is 62.1 Å². The lowest BCUT2D eigenvalue weighted by molar-refractivity contribution is -0.113. The van der Waals surface area contributed by atoms with Crippen molar-refractivity contribution < 1.29 is 9.59 Å². The van der Waals surface area contributed by atoms with E-state index in [0.29, 0.717) is 45.5 Å². The highest BCUT2D eigenvalue weighted by Gasteiger charge is 2.25. The number of carbonyl (C=O) groups excluding carboxylic acids is 2. The van der Waals surface area contributed by atoms with Gasteiger partial charge < -0.3 is 15.2 Å². The van der Waals surface area contributed by atoms with Crippen molar-refractivity contribution in [2.24, 2.45) is 5.92 Å². The van der Waals surface area contributed by atoms with E-state index in [2.05, 4.69) is 34.7 Å². The molecule has 3 aromatic rings. The molecule has 0 aliphatic carbocycles. The summed E-state index contributed by atoms with van der Waals surface area (Å²) in [5.41, 5.74) is 2.02. The van der Waals surface area contributed by atoms with Crippen molar-refractivity contribution in [1.82, 2.24) is 20.1 Å². The third kappa shape index (κ3) is 7.22. The predicted molar refractivity (Wildman–Crippen MR) is 142 cm³/mol. The molecule has 3 rings (SSSR count). The average molecular weight is 535 g/mol. The van der Waals surface area contributed by atoms with Crippen molar-refractivity contribution in [2.45, 2.75) is 51.9 Å². The molecule has 0 saturated carbocycles. The van der Waals surface area contributed by atoms with Crippen LogP contribution in [0.1, 0.15) is 55.0 Å². The largest absolute Gasteiger partial charge is 0.342 e. The van der Waals surface area contributed by atoms with Gasteiger partial charge >= 0.3 is 0 Å². The van der Waals surface area contributed by atoms with Gasteiger partial charge in [0.15, 0.2) is 11.0 Å². The number of carbonyl (C=O) groups is 2. The first-order valence-corrected chi connectivity index (χ1v) is 13.1. The highest BCUT2D eigenvalue weighted by atomic mass is 35.5. The summed E-state index contributed by atoms with van der Waals surface area (Å²) in [6.07, 6.45) is 0.676. The fourth-order valence-electron chi connectivity index (χ4n) is 3.63. The molecule has 0 fully saturated rings. The third-order valence-corrected chi connectivity index (χ3v) is 6.83. The third-order valence-electron chi connectivity index (χ3n) is 5.30. The zero-order chi connectivity index (χ0) is 25.5. The summed E-state index contributed by atoms with van der Waals surface area (Å²) in [6, 6.07) is 11.9. The Morgan fingerprint density at radius 1 is 1.11 bits per heavy atom. The first-order valence-electron chi connectivity index (χ1n) is 11.4. The normalized spacial score (nSPS) is 12.0. The fourth-order valence-corrected chi connectivity index (χ4v) is 4.88. The van der Waals surface area contributed by atoms with E-state index in [4.69, 9.17) is 23.2 Å². The van der Waals surface area contributed by atoms with Gasteiger partial charge in [0, 0.05) is 17.3 Å². The molecule has 35 heavy (non-hydrogen) atoms. The lowest BCUT2D eigenvalue weighted by Gasteiger charge is -2.21.